The van der Waals surface area contributed by atoms with Crippen LogP contribution in [-0.2, 0) is 22.5 Å². The van der Waals surface area contributed by atoms with Gasteiger partial charge in [-0.1, -0.05) is 127 Å². The topological polar surface area (TPSA) is 80.2 Å². The van der Waals surface area contributed by atoms with Crippen molar-refractivity contribution in [2.75, 3.05) is 13.2 Å². The van der Waals surface area contributed by atoms with Gasteiger partial charge in [0.2, 0.25) is 5.90 Å². The second-order valence-electron chi connectivity index (χ2n) is 12.3. The highest BCUT2D eigenvalue weighted by atomic mass is 16.5. The van der Waals surface area contributed by atoms with Crippen LogP contribution in [0.25, 0.3) is 21.9 Å². The van der Waals surface area contributed by atoms with Gasteiger partial charge in [-0.25, -0.2) is 4.99 Å². The molecule has 1 aliphatic rings. The number of hydrogen-bond acceptors (Lipinski definition) is 5. The van der Waals surface area contributed by atoms with Gasteiger partial charge in [-0.3, -0.25) is 4.79 Å². The zero-order chi connectivity index (χ0) is 33.5. The first kappa shape index (κ1) is 31.9. The number of ether oxygens (including phenoxy) is 2. The molecule has 1 aliphatic heterocycles. The van der Waals surface area contributed by atoms with Gasteiger partial charge >= 0.3 is 0 Å². The van der Waals surface area contributed by atoms with Crippen molar-refractivity contribution < 1.29 is 19.4 Å². The number of hydrogen-bond donors (Lipinski definition) is 2. The van der Waals surface area contributed by atoms with E-state index in [-0.39, 0.29) is 12.5 Å². The predicted octanol–water partition coefficient (Wildman–Crippen LogP) is 8.08. The van der Waals surface area contributed by atoms with Gasteiger partial charge in [0.15, 0.2) is 11.6 Å². The van der Waals surface area contributed by atoms with Crippen molar-refractivity contribution in [3.8, 4) is 16.9 Å². The van der Waals surface area contributed by atoms with E-state index in [0.29, 0.717) is 37.6 Å². The van der Waals surface area contributed by atoms with Crippen LogP contribution in [0.15, 0.2) is 157 Å². The van der Waals surface area contributed by atoms with Crippen molar-refractivity contribution in [3.05, 3.63) is 174 Å². The van der Waals surface area contributed by atoms with Crippen LogP contribution < -0.4 is 10.1 Å². The molecule has 0 aliphatic carbocycles. The number of fused-ring (bicyclic) bond motifs is 1. The summed E-state index contributed by atoms with van der Waals surface area (Å²) in [5.74, 6) is 0.878. The van der Waals surface area contributed by atoms with Gasteiger partial charge in [-0.15, -0.1) is 0 Å². The van der Waals surface area contributed by atoms with Crippen LogP contribution >= 0.6 is 0 Å². The van der Waals surface area contributed by atoms with Crippen molar-refractivity contribution in [1.82, 2.24) is 5.32 Å². The molecule has 0 aromatic heterocycles. The highest BCUT2D eigenvalue weighted by molar-refractivity contribution is 6.01. The number of amides is 1. The number of nitrogens with zero attached hydrogens (tertiary/aromatic N) is 1. The lowest BCUT2D eigenvalue weighted by atomic mass is 9.81. The molecule has 6 nitrogen and oxygen atoms in total. The van der Waals surface area contributed by atoms with E-state index in [9.17, 15) is 4.79 Å². The number of carbonyl (C=O) groups excluding carboxylic acids is 1. The molecule has 0 spiro atoms. The summed E-state index contributed by atoms with van der Waals surface area (Å²) in [6.45, 7) is 0.842. The average Bonchev–Trinajstić information content (AvgIpc) is 3.55. The van der Waals surface area contributed by atoms with Crippen LogP contribution in [0.2, 0.25) is 0 Å². The molecule has 49 heavy (non-hydrogen) atoms. The number of benzene rings is 6. The number of rotatable bonds is 12. The molecule has 2 N–H and O–H groups in total. The van der Waals surface area contributed by atoms with Crippen LogP contribution in [0.5, 0.6) is 5.75 Å². The quantitative estimate of drug-likeness (QED) is 0.132. The van der Waals surface area contributed by atoms with E-state index in [1.807, 2.05) is 103 Å². The second-order valence-corrected chi connectivity index (χ2v) is 12.3. The number of nitrogens with one attached hydrogen (secondary N) is 1. The third-order valence-electron chi connectivity index (χ3n) is 8.99. The summed E-state index contributed by atoms with van der Waals surface area (Å²) in [4.78, 5) is 20.0. The van der Waals surface area contributed by atoms with Crippen LogP contribution in [0.1, 0.15) is 34.8 Å². The Balaban J connectivity index is 1.28. The van der Waals surface area contributed by atoms with Crippen LogP contribution in [0.3, 0.4) is 0 Å². The van der Waals surface area contributed by atoms with Gasteiger partial charge in [-0.05, 0) is 62.9 Å². The van der Waals surface area contributed by atoms with Gasteiger partial charge in [0.25, 0.3) is 5.91 Å². The molecule has 6 aromatic rings. The van der Waals surface area contributed by atoms with Crippen LogP contribution in [-0.4, -0.2) is 35.7 Å². The van der Waals surface area contributed by atoms with Crippen molar-refractivity contribution in [2.24, 2.45) is 4.99 Å². The minimum Gasteiger partial charge on any atom is -0.494 e. The largest absolute Gasteiger partial charge is 0.494 e. The lowest BCUT2D eigenvalue weighted by molar-refractivity contribution is -0.129. The minimum absolute atomic E-state index is 0.0719. The van der Waals surface area contributed by atoms with Gasteiger partial charge in [0.05, 0.1) is 6.61 Å². The van der Waals surface area contributed by atoms with E-state index in [1.54, 1.807) is 0 Å². The molecule has 1 amide bonds. The maximum atomic E-state index is 14.8. The van der Waals surface area contributed by atoms with Crippen molar-refractivity contribution in [1.29, 1.82) is 0 Å². The SMILES string of the molecule is O=C(NCc1cccc2ccccc12)[C@]1(Cc2ccccc2)N=C(c2ccc(OCCCO)cc2)O[C@@H]1c1ccc(-c2ccccc2)cc1. The molecule has 0 saturated carbocycles. The summed E-state index contributed by atoms with van der Waals surface area (Å²) >= 11 is 0. The van der Waals surface area contributed by atoms with Crippen LogP contribution in [0, 0.1) is 0 Å². The van der Waals surface area contributed by atoms with Crippen molar-refractivity contribution >= 4 is 22.6 Å². The molecule has 0 fully saturated rings. The smallest absolute Gasteiger partial charge is 0.252 e. The van der Waals surface area contributed by atoms with E-state index >= 15 is 0 Å². The first-order chi connectivity index (χ1) is 24.1. The Kier molecular flexibility index (Phi) is 9.48. The molecule has 6 heteroatoms. The summed E-state index contributed by atoms with van der Waals surface area (Å²) in [6.07, 6.45) is 0.199. The zero-order valence-corrected chi connectivity index (χ0v) is 27.2. The van der Waals surface area contributed by atoms with Gasteiger partial charge in [0.1, 0.15) is 5.75 Å². The molecular weight excluding hydrogens is 608 g/mol. The highest BCUT2D eigenvalue weighted by Crippen LogP contribution is 2.43. The lowest BCUT2D eigenvalue weighted by Crippen LogP contribution is -2.49. The minimum atomic E-state index is -1.30. The maximum absolute atomic E-state index is 14.8. The molecule has 1 heterocycles. The number of aliphatic imine (C=N–C) groups is 1. The normalized spacial score (nSPS) is 16.9. The fourth-order valence-corrected chi connectivity index (χ4v) is 6.45. The molecule has 0 bridgehead atoms. The van der Waals surface area contributed by atoms with E-state index < -0.39 is 11.6 Å². The molecule has 0 radical (unpaired) electrons. The molecule has 0 saturated heterocycles. The third-order valence-corrected chi connectivity index (χ3v) is 8.99. The molecule has 6 aromatic carbocycles. The molecule has 7 rings (SSSR count). The zero-order valence-electron chi connectivity index (χ0n) is 27.2. The van der Waals surface area contributed by atoms with Gasteiger partial charge < -0.3 is 19.9 Å². The van der Waals surface area contributed by atoms with Gasteiger partial charge in [0, 0.05) is 31.6 Å². The molecular formula is C43H38N2O4. The summed E-state index contributed by atoms with van der Waals surface area (Å²) in [5, 5.41) is 14.6. The van der Waals surface area contributed by atoms with E-state index in [4.69, 9.17) is 19.6 Å². The Bertz CT molecular complexity index is 2040. The summed E-state index contributed by atoms with van der Waals surface area (Å²) in [7, 11) is 0. The van der Waals surface area contributed by atoms with Crippen molar-refractivity contribution in [3.63, 3.8) is 0 Å². The Hall–Kier alpha value is -5.72. The van der Waals surface area contributed by atoms with E-state index in [2.05, 4.69) is 53.8 Å². The predicted molar refractivity (Wildman–Crippen MR) is 195 cm³/mol. The average molecular weight is 647 g/mol. The third kappa shape index (κ3) is 6.96. The molecule has 2 atom stereocenters. The van der Waals surface area contributed by atoms with E-state index in [1.165, 1.54) is 0 Å². The monoisotopic (exact) mass is 646 g/mol. The Morgan fingerprint density at radius 2 is 1.39 bits per heavy atom. The Labute approximate surface area is 286 Å². The lowest BCUT2D eigenvalue weighted by Gasteiger charge is -2.31. The van der Waals surface area contributed by atoms with E-state index in [0.717, 1.165) is 44.2 Å². The summed E-state index contributed by atoms with van der Waals surface area (Å²) in [5.41, 5.74) is 4.51. The number of aliphatic hydroxyl groups is 1. The second kappa shape index (κ2) is 14.6. The number of carbonyl (C=O) groups is 1. The number of aliphatic hydroxyl groups excluding tert-OH is 1. The molecule has 244 valence electrons. The fraction of sp³-hybridized carbons (Fsp3) is 0.163. The summed E-state index contributed by atoms with van der Waals surface area (Å²) in [6, 6.07) is 50.3. The Morgan fingerprint density at radius 1 is 0.735 bits per heavy atom. The maximum Gasteiger partial charge on any atom is 0.252 e. The van der Waals surface area contributed by atoms with Gasteiger partial charge in [-0.2, -0.15) is 0 Å². The Morgan fingerprint density at radius 3 is 2.14 bits per heavy atom. The van der Waals surface area contributed by atoms with Crippen molar-refractivity contribution in [2.45, 2.75) is 31.0 Å². The first-order valence-corrected chi connectivity index (χ1v) is 16.7. The highest BCUT2D eigenvalue weighted by Gasteiger charge is 2.53. The van der Waals surface area contributed by atoms with Crippen LogP contribution in [0.4, 0.5) is 0 Å². The fourth-order valence-electron chi connectivity index (χ4n) is 6.45. The first-order valence-electron chi connectivity index (χ1n) is 16.7. The summed E-state index contributed by atoms with van der Waals surface area (Å²) < 4.78 is 12.5. The standard InChI is InChI=1S/C43H38N2O4/c46-27-10-28-48-38-25-23-36(24-26-38)41-45-43(29-31-11-3-1-4-12-31,42(47)44-30-37-17-9-16-34-15-7-8-18-39(34)37)40(49-41)35-21-19-33(20-22-35)32-13-5-2-6-14-32/h1-9,11-26,40,46H,10,27-30H2,(H,44,47)/t40-,43-/m1/s1. The molecule has 0 unspecified atom stereocenters.